The van der Waals surface area contributed by atoms with Gasteiger partial charge in [0.1, 0.15) is 11.8 Å². The van der Waals surface area contributed by atoms with E-state index in [-0.39, 0.29) is 13.2 Å². The summed E-state index contributed by atoms with van der Waals surface area (Å²) in [5.74, 6) is -0.619. The van der Waals surface area contributed by atoms with Crippen LogP contribution in [-0.2, 0) is 19.6 Å². The Hall–Kier alpha value is -0.330. The number of hydrogen-bond acceptors (Lipinski definition) is 4. The summed E-state index contributed by atoms with van der Waals surface area (Å²) >= 11 is 5.05. The van der Waals surface area contributed by atoms with Crippen LogP contribution in [0.5, 0.6) is 0 Å². The van der Waals surface area contributed by atoms with E-state index in [0.717, 1.165) is 0 Å². The van der Waals surface area contributed by atoms with Crippen LogP contribution in [0.4, 0.5) is 0 Å². The molecule has 0 aliphatic rings. The Morgan fingerprint density at radius 1 is 1.58 bits per heavy atom. The molecule has 7 heteroatoms. The van der Waals surface area contributed by atoms with E-state index in [2.05, 4.69) is 4.74 Å². The summed E-state index contributed by atoms with van der Waals surface area (Å²) in [7, 11) is -3.52. The number of ether oxygens (including phenoxy) is 1. The molecule has 0 unspecified atom stereocenters. The minimum atomic E-state index is -3.52. The van der Waals surface area contributed by atoms with Crippen molar-refractivity contribution < 1.29 is 17.9 Å². The van der Waals surface area contributed by atoms with E-state index >= 15 is 0 Å². The number of carbonyl (C=O) groups excluding carboxylic acids is 1. The van der Waals surface area contributed by atoms with E-state index in [0.29, 0.717) is 0 Å². The minimum absolute atomic E-state index is 0.224. The number of halogens is 1. The summed E-state index contributed by atoms with van der Waals surface area (Å²) < 4.78 is 27.7. The predicted octanol–water partition coefficient (Wildman–Crippen LogP) is -0.335. The molecule has 0 fully saturated rings. The molecule has 12 heavy (non-hydrogen) atoms. The number of esters is 1. The third-order valence-corrected chi connectivity index (χ3v) is 2.62. The fraction of sp³-hybridized carbons (Fsp3) is 0.800. The molecule has 0 saturated heterocycles. The maximum Gasteiger partial charge on any atom is 0.320 e. The Kier molecular flexibility index (Phi) is 5.19. The van der Waals surface area contributed by atoms with Crippen molar-refractivity contribution in [1.82, 2.24) is 4.72 Å². The molecule has 72 valence electrons. The molecule has 1 N–H and O–H groups in total. The third-order valence-electron chi connectivity index (χ3n) is 0.885. The molecule has 0 aromatic heterocycles. The molecule has 0 heterocycles. The second kappa shape index (κ2) is 5.34. The molecular weight excluding hydrogens is 206 g/mol. The lowest BCUT2D eigenvalue weighted by molar-refractivity contribution is -0.141. The number of carbonyl (C=O) groups is 1. The largest absolute Gasteiger partial charge is 0.465 e. The van der Waals surface area contributed by atoms with Gasteiger partial charge in [-0.05, 0) is 6.92 Å². The van der Waals surface area contributed by atoms with E-state index in [1.54, 1.807) is 6.92 Å². The summed E-state index contributed by atoms with van der Waals surface area (Å²) in [6, 6.07) is 0. The highest BCUT2D eigenvalue weighted by atomic mass is 35.5. The molecule has 0 saturated carbocycles. The van der Waals surface area contributed by atoms with Crippen molar-refractivity contribution in [3.8, 4) is 0 Å². The topological polar surface area (TPSA) is 72.5 Å². The Labute approximate surface area is 76.1 Å². The lowest BCUT2D eigenvalue weighted by Gasteiger charge is -2.02. The van der Waals surface area contributed by atoms with Crippen LogP contribution in [0.1, 0.15) is 6.92 Å². The Balaban J connectivity index is 3.76. The monoisotopic (exact) mass is 215 g/mol. The van der Waals surface area contributed by atoms with Gasteiger partial charge in [-0.25, -0.2) is 13.1 Å². The van der Waals surface area contributed by atoms with Gasteiger partial charge in [-0.2, -0.15) is 0 Å². The van der Waals surface area contributed by atoms with Crippen LogP contribution >= 0.6 is 11.6 Å². The molecule has 0 rings (SSSR count). The zero-order valence-corrected chi connectivity index (χ0v) is 8.11. The first-order valence-corrected chi connectivity index (χ1v) is 5.39. The van der Waals surface area contributed by atoms with E-state index in [1.807, 2.05) is 4.72 Å². The lowest BCUT2D eigenvalue weighted by Crippen LogP contribution is -2.31. The number of sulfonamides is 1. The number of nitrogens with one attached hydrogen (secondary N) is 1. The quantitative estimate of drug-likeness (QED) is 0.503. The Morgan fingerprint density at radius 2 is 2.17 bits per heavy atom. The molecule has 0 atom stereocenters. The maximum atomic E-state index is 10.7. The average Bonchev–Trinajstić information content (AvgIpc) is 2.02. The highest BCUT2D eigenvalue weighted by Gasteiger charge is 2.10. The first kappa shape index (κ1) is 11.7. The van der Waals surface area contributed by atoms with Crippen molar-refractivity contribution in [2.24, 2.45) is 0 Å². The van der Waals surface area contributed by atoms with E-state index in [1.165, 1.54) is 0 Å². The zero-order valence-electron chi connectivity index (χ0n) is 6.54. The fourth-order valence-corrected chi connectivity index (χ4v) is 1.07. The van der Waals surface area contributed by atoms with E-state index in [9.17, 15) is 13.2 Å². The van der Waals surface area contributed by atoms with E-state index < -0.39 is 21.2 Å². The predicted molar refractivity (Wildman–Crippen MR) is 44.3 cm³/mol. The van der Waals surface area contributed by atoms with Gasteiger partial charge in [0.25, 0.3) is 0 Å². The van der Waals surface area contributed by atoms with Gasteiger partial charge in [-0.3, -0.25) is 4.79 Å². The van der Waals surface area contributed by atoms with Crippen molar-refractivity contribution in [3.63, 3.8) is 0 Å². The van der Waals surface area contributed by atoms with Crippen LogP contribution in [0.2, 0.25) is 0 Å². The third kappa shape index (κ3) is 5.34. The Morgan fingerprint density at radius 3 is 2.58 bits per heavy atom. The van der Waals surface area contributed by atoms with Crippen LogP contribution in [0, 0.1) is 0 Å². The van der Waals surface area contributed by atoms with Crippen LogP contribution in [0.3, 0.4) is 0 Å². The summed E-state index contributed by atoms with van der Waals surface area (Å²) in [5, 5.41) is -0.563. The molecule has 0 aliphatic carbocycles. The Bertz CT molecular complexity index is 238. The van der Waals surface area contributed by atoms with Gasteiger partial charge in [0.05, 0.1) is 6.61 Å². The average molecular weight is 216 g/mol. The van der Waals surface area contributed by atoms with Crippen LogP contribution in [-0.4, -0.2) is 32.8 Å². The lowest BCUT2D eigenvalue weighted by atomic mass is 10.7. The molecule has 0 aromatic rings. The summed E-state index contributed by atoms with van der Waals surface area (Å²) in [6.07, 6.45) is 0. The number of hydrogen-bond donors (Lipinski definition) is 1. The molecule has 0 aromatic carbocycles. The molecular formula is C5H10ClNO4S. The normalized spacial score (nSPS) is 11.2. The van der Waals surface area contributed by atoms with Gasteiger partial charge in [-0.1, -0.05) is 0 Å². The van der Waals surface area contributed by atoms with Crippen molar-refractivity contribution >= 4 is 27.6 Å². The van der Waals surface area contributed by atoms with Gasteiger partial charge in [0.15, 0.2) is 0 Å². The van der Waals surface area contributed by atoms with Crippen molar-refractivity contribution in [2.75, 3.05) is 18.4 Å². The van der Waals surface area contributed by atoms with Crippen molar-refractivity contribution in [3.05, 3.63) is 0 Å². The highest BCUT2D eigenvalue weighted by Crippen LogP contribution is 1.87. The fourth-order valence-electron chi connectivity index (χ4n) is 0.419. The SMILES string of the molecule is CCOC(=O)CNS(=O)(=O)CCl. The van der Waals surface area contributed by atoms with Crippen molar-refractivity contribution in [1.29, 1.82) is 0 Å². The zero-order chi connectivity index (χ0) is 9.61. The second-order valence-electron chi connectivity index (χ2n) is 1.85. The highest BCUT2D eigenvalue weighted by molar-refractivity contribution is 7.90. The minimum Gasteiger partial charge on any atom is -0.465 e. The molecule has 0 spiro atoms. The summed E-state index contributed by atoms with van der Waals surface area (Å²) in [4.78, 5) is 10.6. The molecule has 0 amide bonds. The van der Waals surface area contributed by atoms with Crippen LogP contribution in [0.25, 0.3) is 0 Å². The standard InChI is InChI=1S/C5H10ClNO4S/c1-2-11-5(8)3-7-12(9,10)4-6/h7H,2-4H2,1H3. The first-order valence-electron chi connectivity index (χ1n) is 3.20. The number of alkyl halides is 1. The second-order valence-corrected chi connectivity index (χ2v) is 4.24. The van der Waals surface area contributed by atoms with Crippen LogP contribution in [0.15, 0.2) is 0 Å². The molecule has 0 bridgehead atoms. The smallest absolute Gasteiger partial charge is 0.320 e. The van der Waals surface area contributed by atoms with Crippen LogP contribution < -0.4 is 4.72 Å². The van der Waals surface area contributed by atoms with E-state index in [4.69, 9.17) is 11.6 Å². The van der Waals surface area contributed by atoms with Gasteiger partial charge in [0, 0.05) is 0 Å². The van der Waals surface area contributed by atoms with Gasteiger partial charge in [-0.15, -0.1) is 11.6 Å². The maximum absolute atomic E-state index is 10.7. The molecule has 0 radical (unpaired) electrons. The molecule has 5 nitrogen and oxygen atoms in total. The summed E-state index contributed by atoms with van der Waals surface area (Å²) in [6.45, 7) is 1.48. The van der Waals surface area contributed by atoms with Gasteiger partial charge >= 0.3 is 5.97 Å². The first-order chi connectivity index (χ1) is 5.52. The number of rotatable bonds is 5. The molecule has 0 aliphatic heterocycles. The van der Waals surface area contributed by atoms with Gasteiger partial charge in [0.2, 0.25) is 10.0 Å². The summed E-state index contributed by atoms with van der Waals surface area (Å²) in [5.41, 5.74) is 0. The van der Waals surface area contributed by atoms with Crippen molar-refractivity contribution in [2.45, 2.75) is 6.92 Å². The van der Waals surface area contributed by atoms with Gasteiger partial charge < -0.3 is 4.74 Å².